The summed E-state index contributed by atoms with van der Waals surface area (Å²) >= 11 is 0. The third-order valence-corrected chi connectivity index (χ3v) is 7.70. The largest absolute Gasteiger partial charge is 0.466 e. The minimum absolute atomic E-state index is 0.0209. The van der Waals surface area contributed by atoms with Gasteiger partial charge in [0, 0.05) is 39.3 Å². The van der Waals surface area contributed by atoms with Crippen LogP contribution >= 0.6 is 0 Å². The highest BCUT2D eigenvalue weighted by Crippen LogP contribution is 2.63. The van der Waals surface area contributed by atoms with E-state index in [1.807, 2.05) is 6.92 Å². The molecule has 0 aromatic heterocycles. The molecule has 1 spiro atoms. The predicted molar refractivity (Wildman–Crippen MR) is 117 cm³/mol. The molecule has 4 rings (SSSR count). The highest BCUT2D eigenvalue weighted by Gasteiger charge is 2.78. The van der Waals surface area contributed by atoms with Gasteiger partial charge in [-0.15, -0.1) is 0 Å². The van der Waals surface area contributed by atoms with Crippen LogP contribution < -0.4 is 5.32 Å². The molecular weight excluding hydrogens is 430 g/mol. The maximum absolute atomic E-state index is 13.6. The lowest BCUT2D eigenvalue weighted by Crippen LogP contribution is -2.56. The zero-order valence-electron chi connectivity index (χ0n) is 19.7. The Hall–Kier alpha value is -1.75. The number of carbonyl (C=O) groups is 3. The molecule has 0 radical (unpaired) electrons. The van der Waals surface area contributed by atoms with Crippen LogP contribution in [-0.2, 0) is 28.6 Å². The molecule has 33 heavy (non-hydrogen) atoms. The number of morpholine rings is 1. The average molecular weight is 468 g/mol. The van der Waals surface area contributed by atoms with E-state index in [1.165, 1.54) is 0 Å². The van der Waals surface area contributed by atoms with Gasteiger partial charge in [-0.3, -0.25) is 19.3 Å². The van der Waals surface area contributed by atoms with E-state index < -0.39 is 35.0 Å². The monoisotopic (exact) mass is 467 g/mol. The predicted octanol–water partition coefficient (Wildman–Crippen LogP) is -0.465. The number of hydrogen-bond acceptors (Lipinski definition) is 8. The number of nitrogens with one attached hydrogen (secondary N) is 1. The molecule has 0 aromatic carbocycles. The lowest BCUT2D eigenvalue weighted by molar-refractivity contribution is -0.159. The van der Waals surface area contributed by atoms with E-state index in [9.17, 15) is 19.5 Å². The van der Waals surface area contributed by atoms with Crippen LogP contribution in [0.25, 0.3) is 0 Å². The molecule has 4 saturated heterocycles. The number of aliphatic hydroxyl groups is 1. The van der Waals surface area contributed by atoms with Crippen LogP contribution in [0.3, 0.4) is 0 Å². The first-order chi connectivity index (χ1) is 15.9. The van der Waals surface area contributed by atoms with Crippen molar-refractivity contribution in [1.29, 1.82) is 0 Å². The Morgan fingerprint density at radius 3 is 2.67 bits per heavy atom. The van der Waals surface area contributed by atoms with Gasteiger partial charge in [-0.2, -0.15) is 0 Å². The van der Waals surface area contributed by atoms with Gasteiger partial charge in [0.2, 0.25) is 11.8 Å². The molecule has 0 aromatic rings. The van der Waals surface area contributed by atoms with Crippen molar-refractivity contribution in [1.82, 2.24) is 15.1 Å². The summed E-state index contributed by atoms with van der Waals surface area (Å²) in [5, 5.41) is 12.2. The lowest BCUT2D eigenvalue weighted by Gasteiger charge is -2.34. The number of ether oxygens (including phenoxy) is 3. The Morgan fingerprint density at radius 2 is 1.97 bits per heavy atom. The van der Waals surface area contributed by atoms with Gasteiger partial charge in [-0.1, -0.05) is 0 Å². The quantitative estimate of drug-likeness (QED) is 0.327. The Balaban J connectivity index is 1.54. The molecule has 0 saturated carbocycles. The number of nitrogens with zero attached hydrogens (tertiary/aromatic N) is 2. The van der Waals surface area contributed by atoms with E-state index >= 15 is 0 Å². The van der Waals surface area contributed by atoms with Crippen molar-refractivity contribution in [2.45, 2.75) is 56.8 Å². The van der Waals surface area contributed by atoms with E-state index in [1.54, 1.807) is 11.8 Å². The fourth-order valence-electron chi connectivity index (χ4n) is 6.21. The van der Waals surface area contributed by atoms with E-state index in [0.717, 1.165) is 13.1 Å². The number of aliphatic hydroxyl groups excluding tert-OH is 1. The van der Waals surface area contributed by atoms with Crippen molar-refractivity contribution in [3.8, 4) is 0 Å². The van der Waals surface area contributed by atoms with Crippen LogP contribution in [0.4, 0.5) is 0 Å². The van der Waals surface area contributed by atoms with E-state index in [-0.39, 0.29) is 25.0 Å². The summed E-state index contributed by atoms with van der Waals surface area (Å²) in [6, 6.07) is -0.792. The van der Waals surface area contributed by atoms with Gasteiger partial charge in [0.05, 0.1) is 31.3 Å². The fourth-order valence-corrected chi connectivity index (χ4v) is 6.21. The molecular formula is C23H37N3O7. The second-order valence-electron chi connectivity index (χ2n) is 9.69. The highest BCUT2D eigenvalue weighted by molar-refractivity contribution is 5.98. The van der Waals surface area contributed by atoms with Crippen molar-refractivity contribution in [3.05, 3.63) is 0 Å². The van der Waals surface area contributed by atoms with Gasteiger partial charge in [0.25, 0.3) is 0 Å². The molecule has 186 valence electrons. The first-order valence-electron chi connectivity index (χ1n) is 12.2. The van der Waals surface area contributed by atoms with E-state index in [0.29, 0.717) is 58.5 Å². The second-order valence-corrected chi connectivity index (χ2v) is 9.69. The molecule has 10 heteroatoms. The van der Waals surface area contributed by atoms with Gasteiger partial charge < -0.3 is 29.5 Å². The van der Waals surface area contributed by atoms with Crippen LogP contribution in [-0.4, -0.2) is 109 Å². The number of likely N-dealkylation sites (tertiary alicyclic amines) is 1. The SMILES string of the molecule is CCOC(=O)[C@H]1[C@H]2C(=O)N(CCCCO)C(C(=O)NCCN3CCOCC3)C23CC[C@]1(C)O3. The minimum Gasteiger partial charge on any atom is -0.466 e. The van der Waals surface area contributed by atoms with Crippen molar-refractivity contribution in [2.75, 3.05) is 59.2 Å². The van der Waals surface area contributed by atoms with Crippen molar-refractivity contribution < 1.29 is 33.7 Å². The van der Waals surface area contributed by atoms with Gasteiger partial charge in [0.1, 0.15) is 17.6 Å². The Bertz CT molecular complexity index is 758. The van der Waals surface area contributed by atoms with E-state index in [2.05, 4.69) is 10.2 Å². The van der Waals surface area contributed by atoms with Crippen LogP contribution in [0.15, 0.2) is 0 Å². The summed E-state index contributed by atoms with van der Waals surface area (Å²) in [6.07, 6.45) is 2.26. The average Bonchev–Trinajstić information content (AvgIpc) is 3.36. The van der Waals surface area contributed by atoms with Gasteiger partial charge >= 0.3 is 5.97 Å². The fraction of sp³-hybridized carbons (Fsp3) is 0.870. The first-order valence-corrected chi connectivity index (χ1v) is 12.2. The minimum atomic E-state index is -1.02. The third-order valence-electron chi connectivity index (χ3n) is 7.70. The molecule has 5 atom stereocenters. The first kappa shape index (κ1) is 24.4. The molecule has 2 unspecified atom stereocenters. The standard InChI is InChI=1S/C23H37N3O7/c1-3-32-21(30)17-16-20(29)26(9-4-5-13-27)18(23(16)7-6-22(17,2)33-23)19(28)24-8-10-25-11-14-31-15-12-25/h16-18,27H,3-15H2,1-2H3,(H,24,28)/t16-,17+,18?,22-,23?/m0/s1. The molecule has 10 nitrogen and oxygen atoms in total. The smallest absolute Gasteiger partial charge is 0.312 e. The van der Waals surface area contributed by atoms with E-state index in [4.69, 9.17) is 14.2 Å². The normalized spacial score (nSPS) is 35.7. The van der Waals surface area contributed by atoms with Gasteiger partial charge in [-0.25, -0.2) is 0 Å². The topological polar surface area (TPSA) is 118 Å². The molecule has 2 bridgehead atoms. The third kappa shape index (κ3) is 4.26. The molecule has 2 amide bonds. The summed E-state index contributed by atoms with van der Waals surface area (Å²) in [5.74, 6) is -2.33. The van der Waals surface area contributed by atoms with Crippen LogP contribution in [0.1, 0.15) is 39.5 Å². The molecule has 4 aliphatic rings. The maximum atomic E-state index is 13.6. The number of carbonyl (C=O) groups excluding carboxylic acids is 3. The zero-order valence-corrected chi connectivity index (χ0v) is 19.7. The zero-order chi connectivity index (χ0) is 23.6. The number of unbranched alkanes of at least 4 members (excludes halogenated alkanes) is 1. The van der Waals surface area contributed by atoms with Gasteiger partial charge in [0.15, 0.2) is 0 Å². The molecule has 0 aliphatic carbocycles. The Morgan fingerprint density at radius 1 is 1.21 bits per heavy atom. The van der Waals surface area contributed by atoms with Crippen molar-refractivity contribution in [2.24, 2.45) is 11.8 Å². The molecule has 2 N–H and O–H groups in total. The Labute approximate surface area is 194 Å². The maximum Gasteiger partial charge on any atom is 0.312 e. The summed E-state index contributed by atoms with van der Waals surface area (Å²) in [6.45, 7) is 8.41. The number of hydrogen-bond donors (Lipinski definition) is 2. The van der Waals surface area contributed by atoms with Crippen LogP contribution in [0.5, 0.6) is 0 Å². The van der Waals surface area contributed by atoms with Crippen LogP contribution in [0.2, 0.25) is 0 Å². The summed E-state index contributed by atoms with van der Waals surface area (Å²) in [4.78, 5) is 43.9. The summed E-state index contributed by atoms with van der Waals surface area (Å²) < 4.78 is 17.2. The highest BCUT2D eigenvalue weighted by atomic mass is 16.6. The molecule has 4 fully saturated rings. The molecule has 4 aliphatic heterocycles. The number of rotatable bonds is 10. The number of amides is 2. The van der Waals surface area contributed by atoms with Crippen molar-refractivity contribution in [3.63, 3.8) is 0 Å². The molecule has 4 heterocycles. The van der Waals surface area contributed by atoms with Crippen molar-refractivity contribution >= 4 is 17.8 Å². The summed E-state index contributed by atoms with van der Waals surface area (Å²) in [7, 11) is 0. The second kappa shape index (κ2) is 9.85. The lowest BCUT2D eigenvalue weighted by atomic mass is 9.66. The van der Waals surface area contributed by atoms with Gasteiger partial charge in [-0.05, 0) is 39.5 Å². The summed E-state index contributed by atoms with van der Waals surface area (Å²) in [5.41, 5.74) is -1.83. The number of esters is 1. The Kier molecular flexibility index (Phi) is 7.28. The number of fused-ring (bicyclic) bond motifs is 1. The van der Waals surface area contributed by atoms with Crippen LogP contribution in [0, 0.1) is 11.8 Å².